The first-order valence-corrected chi connectivity index (χ1v) is 9.12. The summed E-state index contributed by atoms with van der Waals surface area (Å²) in [7, 11) is 0. The van der Waals surface area contributed by atoms with E-state index in [1.807, 2.05) is 32.0 Å². The van der Waals surface area contributed by atoms with Crippen molar-refractivity contribution >= 4 is 17.2 Å². The molecule has 0 spiro atoms. The Labute approximate surface area is 153 Å². The van der Waals surface area contributed by atoms with Crippen molar-refractivity contribution in [3.05, 3.63) is 35.8 Å². The number of aliphatic imine (C=N–C) groups is 1. The summed E-state index contributed by atoms with van der Waals surface area (Å²) in [4.78, 5) is 6.78. The maximum atomic E-state index is 5.84. The molecule has 26 heavy (non-hydrogen) atoms. The predicted octanol–water partition coefficient (Wildman–Crippen LogP) is 2.58. The van der Waals surface area contributed by atoms with Gasteiger partial charge in [-0.1, -0.05) is 0 Å². The lowest BCUT2D eigenvalue weighted by Gasteiger charge is -2.34. The summed E-state index contributed by atoms with van der Waals surface area (Å²) >= 11 is 0. The van der Waals surface area contributed by atoms with Gasteiger partial charge >= 0.3 is 0 Å². The third-order valence-corrected chi connectivity index (χ3v) is 4.56. The van der Waals surface area contributed by atoms with E-state index in [1.54, 1.807) is 6.34 Å². The van der Waals surface area contributed by atoms with E-state index in [0.29, 0.717) is 0 Å². The molecule has 0 aliphatic carbocycles. The second-order valence-electron chi connectivity index (χ2n) is 7.04. The molecule has 1 unspecified atom stereocenters. The minimum absolute atomic E-state index is 0.0382. The Morgan fingerprint density at radius 1 is 1.35 bits per heavy atom. The molecule has 3 heterocycles. The number of aromatic amines is 1. The Morgan fingerprint density at radius 3 is 3.04 bits per heavy atom. The van der Waals surface area contributed by atoms with E-state index in [0.717, 1.165) is 47.9 Å². The van der Waals surface area contributed by atoms with Gasteiger partial charge in [-0.05, 0) is 45.0 Å². The molecule has 2 aliphatic heterocycles. The number of nitrogens with zero attached hydrogens (tertiary/aromatic N) is 3. The minimum atomic E-state index is -0.0382. The topological polar surface area (TPSA) is 74.8 Å². The van der Waals surface area contributed by atoms with Crippen LogP contribution in [-0.4, -0.2) is 53.3 Å². The maximum absolute atomic E-state index is 5.84. The van der Waals surface area contributed by atoms with Crippen LogP contribution < -0.4 is 10.1 Å². The van der Waals surface area contributed by atoms with Crippen LogP contribution in [0.2, 0.25) is 0 Å². The Bertz CT molecular complexity index is 842. The average molecular weight is 355 g/mol. The van der Waals surface area contributed by atoms with Crippen LogP contribution in [0.25, 0.3) is 10.9 Å². The van der Waals surface area contributed by atoms with Gasteiger partial charge in [0.05, 0.1) is 42.4 Å². The molecule has 4 rings (SSSR count). The molecule has 138 valence electrons. The van der Waals surface area contributed by atoms with Crippen LogP contribution in [0.4, 0.5) is 0 Å². The average Bonchev–Trinajstić information content (AvgIpc) is 3.04. The van der Waals surface area contributed by atoms with Crippen molar-refractivity contribution in [2.45, 2.75) is 39.0 Å². The van der Waals surface area contributed by atoms with Gasteiger partial charge in [0.1, 0.15) is 11.6 Å². The highest BCUT2D eigenvalue weighted by Gasteiger charge is 2.23. The number of hydrogen-bond acceptors (Lipinski definition) is 6. The van der Waals surface area contributed by atoms with Crippen LogP contribution >= 0.6 is 0 Å². The number of morpholine rings is 1. The summed E-state index contributed by atoms with van der Waals surface area (Å²) < 4.78 is 11.5. The fraction of sp³-hybridized carbons (Fsp3) is 0.474. The van der Waals surface area contributed by atoms with Crippen molar-refractivity contribution in [1.82, 2.24) is 20.4 Å². The molecule has 2 aliphatic rings. The van der Waals surface area contributed by atoms with E-state index in [-0.39, 0.29) is 18.2 Å². The molecular weight excluding hydrogens is 330 g/mol. The van der Waals surface area contributed by atoms with E-state index in [4.69, 9.17) is 9.47 Å². The van der Waals surface area contributed by atoms with Crippen molar-refractivity contribution < 1.29 is 9.47 Å². The van der Waals surface area contributed by atoms with Gasteiger partial charge in [0.25, 0.3) is 0 Å². The SMILES string of the molecule is CC(C)Oc1ccc2[nH]nc(C3C=C(N4CCO[C@@H](C)C4)N=CN3)c2c1. The van der Waals surface area contributed by atoms with Gasteiger partial charge in [-0.3, -0.25) is 5.10 Å². The van der Waals surface area contributed by atoms with Gasteiger partial charge in [-0.2, -0.15) is 5.10 Å². The molecule has 1 aromatic carbocycles. The summed E-state index contributed by atoms with van der Waals surface area (Å²) in [5, 5.41) is 12.0. The van der Waals surface area contributed by atoms with Crippen molar-refractivity contribution in [2.75, 3.05) is 19.7 Å². The lowest BCUT2D eigenvalue weighted by molar-refractivity contribution is -0.00645. The quantitative estimate of drug-likeness (QED) is 0.882. The summed E-state index contributed by atoms with van der Waals surface area (Å²) in [5.74, 6) is 1.82. The van der Waals surface area contributed by atoms with Crippen LogP contribution in [0.5, 0.6) is 5.75 Å². The summed E-state index contributed by atoms with van der Waals surface area (Å²) in [6.07, 6.45) is 4.24. The Balaban J connectivity index is 1.63. The smallest absolute Gasteiger partial charge is 0.128 e. The molecule has 0 saturated carbocycles. The van der Waals surface area contributed by atoms with Crippen molar-refractivity contribution in [1.29, 1.82) is 0 Å². The standard InChI is InChI=1S/C19H25N5O2/c1-12(2)26-14-4-5-16-15(8-14)19(23-22-16)17-9-18(21-11-20-17)24-6-7-25-13(3)10-24/h4-5,8-9,11-13,17H,6-7,10H2,1-3H3,(H,20,21)(H,22,23)/t13-,17?/m0/s1. The lowest BCUT2D eigenvalue weighted by Crippen LogP contribution is -2.41. The van der Waals surface area contributed by atoms with E-state index in [2.05, 4.69) is 38.4 Å². The second-order valence-corrected chi connectivity index (χ2v) is 7.04. The number of rotatable bonds is 4. The van der Waals surface area contributed by atoms with Gasteiger partial charge in [0.2, 0.25) is 0 Å². The largest absolute Gasteiger partial charge is 0.491 e. The molecule has 7 nitrogen and oxygen atoms in total. The van der Waals surface area contributed by atoms with Crippen molar-refractivity contribution in [3.8, 4) is 5.75 Å². The second kappa shape index (κ2) is 6.99. The number of H-pyrrole nitrogens is 1. The number of fused-ring (bicyclic) bond motifs is 1. The zero-order valence-electron chi connectivity index (χ0n) is 15.4. The van der Waals surface area contributed by atoms with Crippen LogP contribution in [0.3, 0.4) is 0 Å². The first-order valence-electron chi connectivity index (χ1n) is 9.12. The lowest BCUT2D eigenvalue weighted by atomic mass is 10.1. The fourth-order valence-electron chi connectivity index (χ4n) is 3.39. The summed E-state index contributed by atoms with van der Waals surface area (Å²) in [6, 6.07) is 5.99. The predicted molar refractivity (Wildman–Crippen MR) is 101 cm³/mol. The molecule has 0 bridgehead atoms. The highest BCUT2D eigenvalue weighted by atomic mass is 16.5. The van der Waals surface area contributed by atoms with Gasteiger partial charge in [-0.15, -0.1) is 0 Å². The van der Waals surface area contributed by atoms with Crippen LogP contribution in [0.15, 0.2) is 35.1 Å². The first-order chi connectivity index (χ1) is 12.6. The van der Waals surface area contributed by atoms with E-state index in [1.165, 1.54) is 0 Å². The third kappa shape index (κ3) is 3.39. The molecule has 0 amide bonds. The summed E-state index contributed by atoms with van der Waals surface area (Å²) in [6.45, 7) is 8.58. The number of nitrogens with one attached hydrogen (secondary N) is 2. The first kappa shape index (κ1) is 16.9. The van der Waals surface area contributed by atoms with Crippen LogP contribution in [0.1, 0.15) is 32.5 Å². The number of hydrogen-bond donors (Lipinski definition) is 2. The Morgan fingerprint density at radius 2 is 2.23 bits per heavy atom. The molecular formula is C19H25N5O2. The monoisotopic (exact) mass is 355 g/mol. The zero-order valence-corrected chi connectivity index (χ0v) is 15.4. The zero-order chi connectivity index (χ0) is 18.1. The molecule has 1 fully saturated rings. The molecule has 0 radical (unpaired) electrons. The van der Waals surface area contributed by atoms with Gasteiger partial charge in [0, 0.05) is 18.5 Å². The molecule has 1 aromatic heterocycles. The van der Waals surface area contributed by atoms with Crippen molar-refractivity contribution in [2.24, 2.45) is 4.99 Å². The maximum Gasteiger partial charge on any atom is 0.128 e. The van der Waals surface area contributed by atoms with Crippen LogP contribution in [0, 0.1) is 0 Å². The highest BCUT2D eigenvalue weighted by molar-refractivity contribution is 5.84. The third-order valence-electron chi connectivity index (χ3n) is 4.56. The van der Waals surface area contributed by atoms with Gasteiger partial charge < -0.3 is 19.7 Å². The van der Waals surface area contributed by atoms with E-state index >= 15 is 0 Å². The minimum Gasteiger partial charge on any atom is -0.491 e. The highest BCUT2D eigenvalue weighted by Crippen LogP contribution is 2.29. The van der Waals surface area contributed by atoms with E-state index in [9.17, 15) is 0 Å². The molecule has 2 aromatic rings. The number of benzene rings is 1. The molecule has 7 heteroatoms. The number of ether oxygens (including phenoxy) is 2. The van der Waals surface area contributed by atoms with Crippen LogP contribution in [-0.2, 0) is 4.74 Å². The fourth-order valence-corrected chi connectivity index (χ4v) is 3.39. The van der Waals surface area contributed by atoms with Gasteiger partial charge in [0.15, 0.2) is 0 Å². The van der Waals surface area contributed by atoms with E-state index < -0.39 is 0 Å². The molecule has 1 saturated heterocycles. The Hall–Kier alpha value is -2.54. The van der Waals surface area contributed by atoms with Crippen molar-refractivity contribution in [3.63, 3.8) is 0 Å². The molecule has 2 N–H and O–H groups in total. The molecule has 2 atom stereocenters. The van der Waals surface area contributed by atoms with Gasteiger partial charge in [-0.25, -0.2) is 4.99 Å². The number of aromatic nitrogens is 2. The Kier molecular flexibility index (Phi) is 4.55. The normalized spacial score (nSPS) is 23.2. The summed E-state index contributed by atoms with van der Waals surface area (Å²) in [5.41, 5.74) is 1.94.